The first-order valence-electron chi connectivity index (χ1n) is 16.1. The lowest BCUT2D eigenvalue weighted by atomic mass is 9.94. The second-order valence-electron chi connectivity index (χ2n) is 13.3. The molecule has 242 valence electrons. The van der Waals surface area contributed by atoms with Crippen LogP contribution >= 0.6 is 0 Å². The molecule has 0 saturated carbocycles. The van der Waals surface area contributed by atoms with E-state index >= 15 is 0 Å². The van der Waals surface area contributed by atoms with Gasteiger partial charge in [-0.3, -0.25) is 9.80 Å². The van der Waals surface area contributed by atoms with Crippen LogP contribution in [0.3, 0.4) is 0 Å². The maximum atomic E-state index is 14.5. The number of amides is 1. The van der Waals surface area contributed by atoms with E-state index in [0.717, 1.165) is 30.3 Å². The highest BCUT2D eigenvalue weighted by Gasteiger charge is 2.36. The molecule has 0 aliphatic carbocycles. The lowest BCUT2D eigenvalue weighted by molar-refractivity contribution is -0.00960. The Labute approximate surface area is 272 Å². The highest BCUT2D eigenvalue weighted by Crippen LogP contribution is 2.26. The SMILES string of the molecule is CC(C)(C)OC(=O)N1CCN(Cc2ccccc2)C[C@@H]1CC(Cc1cc(F)cc(F)c1)N(Cc1ccccc1)Cc1ccccc1. The van der Waals surface area contributed by atoms with Crippen LogP contribution in [0, 0.1) is 11.6 Å². The van der Waals surface area contributed by atoms with Crippen molar-refractivity contribution in [2.24, 2.45) is 0 Å². The zero-order valence-corrected chi connectivity index (χ0v) is 27.1. The number of benzene rings is 4. The van der Waals surface area contributed by atoms with Crippen molar-refractivity contribution in [3.63, 3.8) is 0 Å². The van der Waals surface area contributed by atoms with E-state index in [1.807, 2.05) is 80.3 Å². The Morgan fingerprint density at radius 1 is 0.783 bits per heavy atom. The third-order valence-corrected chi connectivity index (χ3v) is 8.36. The molecule has 7 heteroatoms. The fraction of sp³-hybridized carbons (Fsp3) is 0.359. The molecule has 0 aromatic heterocycles. The number of hydrogen-bond acceptors (Lipinski definition) is 4. The number of hydrogen-bond donors (Lipinski definition) is 0. The maximum Gasteiger partial charge on any atom is 0.410 e. The number of carbonyl (C=O) groups is 1. The first-order valence-corrected chi connectivity index (χ1v) is 16.1. The van der Waals surface area contributed by atoms with E-state index < -0.39 is 17.2 Å². The topological polar surface area (TPSA) is 36.0 Å². The minimum absolute atomic E-state index is 0.145. The number of piperazine rings is 1. The fourth-order valence-electron chi connectivity index (χ4n) is 6.29. The predicted molar refractivity (Wildman–Crippen MR) is 179 cm³/mol. The van der Waals surface area contributed by atoms with Gasteiger partial charge in [-0.05, 0) is 68.0 Å². The molecule has 0 radical (unpaired) electrons. The lowest BCUT2D eigenvalue weighted by Gasteiger charge is -2.44. The summed E-state index contributed by atoms with van der Waals surface area (Å²) in [4.78, 5) is 20.3. The zero-order valence-electron chi connectivity index (χ0n) is 27.1. The van der Waals surface area contributed by atoms with Gasteiger partial charge in [0, 0.05) is 57.4 Å². The molecule has 1 saturated heterocycles. The van der Waals surface area contributed by atoms with Crippen LogP contribution in [0.1, 0.15) is 49.4 Å². The summed E-state index contributed by atoms with van der Waals surface area (Å²) in [7, 11) is 0. The van der Waals surface area contributed by atoms with Gasteiger partial charge in [-0.2, -0.15) is 0 Å². The van der Waals surface area contributed by atoms with Crippen molar-refractivity contribution in [2.75, 3.05) is 19.6 Å². The third kappa shape index (κ3) is 9.96. The molecular formula is C39H45F2N3O2. The Hall–Kier alpha value is -4.07. The summed E-state index contributed by atoms with van der Waals surface area (Å²) in [5.74, 6) is -1.18. The number of rotatable bonds is 11. The second kappa shape index (κ2) is 15.5. The van der Waals surface area contributed by atoms with Gasteiger partial charge in [0.15, 0.2) is 0 Å². The van der Waals surface area contributed by atoms with Gasteiger partial charge in [0.25, 0.3) is 0 Å². The molecule has 0 spiro atoms. The third-order valence-electron chi connectivity index (χ3n) is 8.36. The van der Waals surface area contributed by atoms with E-state index in [0.29, 0.717) is 44.6 Å². The zero-order chi connectivity index (χ0) is 32.5. The molecule has 2 atom stereocenters. The molecule has 1 heterocycles. The van der Waals surface area contributed by atoms with Gasteiger partial charge < -0.3 is 9.64 Å². The molecule has 1 aliphatic rings. The highest BCUT2D eigenvalue weighted by atomic mass is 19.1. The Morgan fingerprint density at radius 2 is 1.30 bits per heavy atom. The summed E-state index contributed by atoms with van der Waals surface area (Å²) in [5.41, 5.74) is 3.47. The van der Waals surface area contributed by atoms with E-state index in [1.165, 1.54) is 17.7 Å². The van der Waals surface area contributed by atoms with Crippen LogP contribution in [0.25, 0.3) is 0 Å². The van der Waals surface area contributed by atoms with Gasteiger partial charge >= 0.3 is 6.09 Å². The molecule has 1 unspecified atom stereocenters. The van der Waals surface area contributed by atoms with Crippen LogP contribution in [0.15, 0.2) is 109 Å². The van der Waals surface area contributed by atoms with Crippen molar-refractivity contribution in [1.82, 2.24) is 14.7 Å². The first kappa shape index (κ1) is 33.3. The smallest absolute Gasteiger partial charge is 0.410 e. The summed E-state index contributed by atoms with van der Waals surface area (Å²) >= 11 is 0. The molecule has 1 fully saturated rings. The minimum atomic E-state index is -0.631. The van der Waals surface area contributed by atoms with Gasteiger partial charge in [0.1, 0.15) is 17.2 Å². The Bertz CT molecular complexity index is 1470. The molecule has 0 bridgehead atoms. The van der Waals surface area contributed by atoms with E-state index in [9.17, 15) is 13.6 Å². The van der Waals surface area contributed by atoms with E-state index in [1.54, 1.807) is 0 Å². The van der Waals surface area contributed by atoms with Crippen LogP contribution in [0.4, 0.5) is 13.6 Å². The first-order chi connectivity index (χ1) is 22.1. The molecule has 46 heavy (non-hydrogen) atoms. The monoisotopic (exact) mass is 625 g/mol. The van der Waals surface area contributed by atoms with Crippen LogP contribution in [-0.4, -0.2) is 58.1 Å². The molecule has 4 aromatic rings. The Balaban J connectivity index is 1.50. The van der Waals surface area contributed by atoms with Gasteiger partial charge in [-0.1, -0.05) is 91.0 Å². The van der Waals surface area contributed by atoms with Crippen LogP contribution < -0.4 is 0 Å². The van der Waals surface area contributed by atoms with E-state index in [2.05, 4.69) is 46.2 Å². The number of nitrogens with zero attached hydrogens (tertiary/aromatic N) is 3. The van der Waals surface area contributed by atoms with E-state index in [-0.39, 0.29) is 18.2 Å². The van der Waals surface area contributed by atoms with Crippen molar-refractivity contribution in [1.29, 1.82) is 0 Å². The average Bonchev–Trinajstić information content (AvgIpc) is 3.01. The summed E-state index contributed by atoms with van der Waals surface area (Å²) in [6, 6.07) is 34.3. The van der Waals surface area contributed by atoms with Crippen molar-refractivity contribution in [3.05, 3.63) is 143 Å². The predicted octanol–water partition coefficient (Wildman–Crippen LogP) is 8.09. The molecule has 5 nitrogen and oxygen atoms in total. The van der Waals surface area contributed by atoms with Gasteiger partial charge in [-0.15, -0.1) is 0 Å². The number of ether oxygens (including phenoxy) is 1. The van der Waals surface area contributed by atoms with Crippen molar-refractivity contribution in [2.45, 2.75) is 70.9 Å². The average molecular weight is 626 g/mol. The summed E-state index contributed by atoms with van der Waals surface area (Å²) in [6.45, 7) is 9.63. The van der Waals surface area contributed by atoms with Gasteiger partial charge in [-0.25, -0.2) is 13.6 Å². The molecule has 5 rings (SSSR count). The number of halogens is 2. The van der Waals surface area contributed by atoms with Gasteiger partial charge in [0.05, 0.1) is 0 Å². The second-order valence-corrected chi connectivity index (χ2v) is 13.3. The van der Waals surface area contributed by atoms with Crippen molar-refractivity contribution in [3.8, 4) is 0 Å². The van der Waals surface area contributed by atoms with Gasteiger partial charge in [0.2, 0.25) is 0 Å². The lowest BCUT2D eigenvalue weighted by Crippen LogP contribution is -2.57. The molecule has 1 amide bonds. The van der Waals surface area contributed by atoms with Crippen LogP contribution in [0.5, 0.6) is 0 Å². The van der Waals surface area contributed by atoms with Crippen molar-refractivity contribution < 1.29 is 18.3 Å². The summed E-state index contributed by atoms with van der Waals surface area (Å²) in [6.07, 6.45) is 0.693. The summed E-state index contributed by atoms with van der Waals surface area (Å²) in [5, 5.41) is 0. The summed E-state index contributed by atoms with van der Waals surface area (Å²) < 4.78 is 34.9. The quantitative estimate of drug-likeness (QED) is 0.169. The van der Waals surface area contributed by atoms with Crippen molar-refractivity contribution >= 4 is 6.09 Å². The Morgan fingerprint density at radius 3 is 1.83 bits per heavy atom. The standard InChI is InChI=1S/C39H45F2N3O2/c1-39(2,3)46-38(45)44-20-19-42(26-30-13-7-4-8-14-30)29-37(44)25-36(23-33-21-34(40)24-35(41)22-33)43(27-31-15-9-5-10-16-31)28-32-17-11-6-12-18-32/h4-18,21-22,24,36-37H,19-20,23,25-29H2,1-3H3/t36?,37-/m0/s1. The van der Waals surface area contributed by atoms with Crippen LogP contribution in [0.2, 0.25) is 0 Å². The molecule has 1 aliphatic heterocycles. The Kier molecular flexibility index (Phi) is 11.2. The largest absolute Gasteiger partial charge is 0.444 e. The molecule has 0 N–H and O–H groups in total. The normalized spacial score (nSPS) is 16.4. The highest BCUT2D eigenvalue weighted by molar-refractivity contribution is 5.68. The van der Waals surface area contributed by atoms with E-state index in [4.69, 9.17) is 4.74 Å². The maximum absolute atomic E-state index is 14.5. The molecule has 4 aromatic carbocycles. The molecular weight excluding hydrogens is 580 g/mol. The fourth-order valence-corrected chi connectivity index (χ4v) is 6.29. The minimum Gasteiger partial charge on any atom is -0.444 e. The number of carbonyl (C=O) groups excluding carboxylic acids is 1. The van der Waals surface area contributed by atoms with Crippen LogP contribution in [-0.2, 0) is 30.8 Å².